The van der Waals surface area contributed by atoms with E-state index in [4.69, 9.17) is 20.9 Å². The molecular weight excluding hydrogens is 521 g/mol. The number of anilines is 1. The number of ether oxygens (including phenoxy) is 1. The molecule has 1 amide bonds. The molecule has 1 saturated heterocycles. The van der Waals surface area contributed by atoms with Crippen LogP contribution in [0.4, 0.5) is 10.1 Å². The average molecular weight is 546 g/mol. The van der Waals surface area contributed by atoms with E-state index in [0.29, 0.717) is 30.9 Å². The molecule has 0 radical (unpaired) electrons. The fraction of sp³-hybridized carbons (Fsp3) is 0.400. The van der Waals surface area contributed by atoms with Gasteiger partial charge in [0, 0.05) is 43.3 Å². The summed E-state index contributed by atoms with van der Waals surface area (Å²) in [6.07, 6.45) is 2.31. The molecule has 0 spiro atoms. The molecule has 194 valence electrons. The number of aromatic nitrogens is 2. The second-order valence-electron chi connectivity index (χ2n) is 9.52. The van der Waals surface area contributed by atoms with Crippen molar-refractivity contribution in [3.63, 3.8) is 0 Å². The van der Waals surface area contributed by atoms with Gasteiger partial charge in [-0.2, -0.15) is 0 Å². The molecule has 0 saturated carbocycles. The van der Waals surface area contributed by atoms with Crippen molar-refractivity contribution in [1.82, 2.24) is 19.8 Å². The number of carbonyl (C=O) groups is 1. The van der Waals surface area contributed by atoms with Crippen LogP contribution in [-0.2, 0) is 15.6 Å². The molecule has 3 aliphatic rings. The lowest BCUT2D eigenvalue weighted by Crippen LogP contribution is -2.54. The van der Waals surface area contributed by atoms with Crippen LogP contribution in [0.3, 0.4) is 0 Å². The van der Waals surface area contributed by atoms with E-state index in [-0.39, 0.29) is 42.0 Å². The molecule has 0 unspecified atom stereocenters. The van der Waals surface area contributed by atoms with E-state index >= 15 is 0 Å². The minimum absolute atomic E-state index is 0.0114. The van der Waals surface area contributed by atoms with Gasteiger partial charge in [0.1, 0.15) is 17.7 Å². The number of benzene rings is 1. The molecular formula is C25H25ClFN5O4S. The summed E-state index contributed by atoms with van der Waals surface area (Å²) in [5.74, 6) is 0.0162. The van der Waals surface area contributed by atoms with Gasteiger partial charge in [-0.1, -0.05) is 11.8 Å². The lowest BCUT2D eigenvalue weighted by molar-refractivity contribution is -0.113. The van der Waals surface area contributed by atoms with E-state index in [1.165, 1.54) is 23.9 Å². The Hall–Kier alpha value is -2.70. The van der Waals surface area contributed by atoms with E-state index < -0.39 is 5.82 Å². The van der Waals surface area contributed by atoms with Gasteiger partial charge in [-0.15, -0.1) is 0 Å². The number of piperidine rings is 1. The molecule has 6 rings (SSSR count). The molecule has 3 atom stereocenters. The SMILES string of the molecule is O=C1CSc2ncc(CN[C@H]3CCN(C[C@@H]4COc5c(F)ccc6ccc(=O)n4c56)C[C@H]3OCl)cc2N1. The van der Waals surface area contributed by atoms with Gasteiger partial charge >= 0.3 is 0 Å². The minimum Gasteiger partial charge on any atom is -0.486 e. The summed E-state index contributed by atoms with van der Waals surface area (Å²) in [6, 6.07) is 7.92. The number of pyridine rings is 2. The third-order valence-corrected chi connectivity index (χ3v) is 8.33. The van der Waals surface area contributed by atoms with Crippen LogP contribution in [0.2, 0.25) is 0 Å². The van der Waals surface area contributed by atoms with Crippen molar-refractivity contribution < 1.29 is 18.2 Å². The Morgan fingerprint density at radius 2 is 2.16 bits per heavy atom. The Labute approximate surface area is 221 Å². The van der Waals surface area contributed by atoms with E-state index in [0.717, 1.165) is 34.6 Å². The maximum absolute atomic E-state index is 14.4. The maximum Gasteiger partial charge on any atom is 0.251 e. The van der Waals surface area contributed by atoms with Crippen LogP contribution < -0.4 is 20.9 Å². The predicted octanol–water partition coefficient (Wildman–Crippen LogP) is 2.92. The highest BCUT2D eigenvalue weighted by Crippen LogP contribution is 2.34. The predicted molar refractivity (Wildman–Crippen MR) is 139 cm³/mol. The molecule has 3 aromatic rings. The van der Waals surface area contributed by atoms with Crippen LogP contribution in [0.25, 0.3) is 10.9 Å². The number of nitrogens with zero attached hydrogens (tertiary/aromatic N) is 3. The highest BCUT2D eigenvalue weighted by Gasteiger charge is 2.33. The third-order valence-electron chi connectivity index (χ3n) is 7.10. The Morgan fingerprint density at radius 3 is 3.03 bits per heavy atom. The van der Waals surface area contributed by atoms with Gasteiger partial charge < -0.3 is 15.4 Å². The summed E-state index contributed by atoms with van der Waals surface area (Å²) in [5, 5.41) is 7.96. The first-order valence-electron chi connectivity index (χ1n) is 12.1. The second-order valence-corrected chi connectivity index (χ2v) is 10.7. The smallest absolute Gasteiger partial charge is 0.251 e. The van der Waals surface area contributed by atoms with Crippen LogP contribution in [0, 0.1) is 5.82 Å². The van der Waals surface area contributed by atoms with Crippen molar-refractivity contribution in [2.45, 2.75) is 36.2 Å². The number of amides is 1. The monoisotopic (exact) mass is 545 g/mol. The standard InChI is InChI=1S/C25H25ClFN5O4S/c26-36-20-11-31(6-5-18(20)28-8-14-7-19-25(29-9-14)37-13-21(33)30-19)10-16-12-35-24-17(27)3-1-15-2-4-22(34)32(16)23(15)24/h1-4,7,9,16,18,20,28H,5-6,8,10-13H2,(H,30,33)/t16-,18+,20-/m1/s1. The highest BCUT2D eigenvalue weighted by atomic mass is 35.5. The van der Waals surface area contributed by atoms with Crippen molar-refractivity contribution in [2.75, 3.05) is 37.3 Å². The largest absolute Gasteiger partial charge is 0.486 e. The van der Waals surface area contributed by atoms with Crippen LogP contribution >= 0.6 is 23.6 Å². The van der Waals surface area contributed by atoms with Crippen molar-refractivity contribution >= 4 is 46.1 Å². The Bertz CT molecular complexity index is 1420. The fourth-order valence-electron chi connectivity index (χ4n) is 5.32. The summed E-state index contributed by atoms with van der Waals surface area (Å²) < 4.78 is 27.1. The number of halogens is 2. The first kappa shape index (κ1) is 24.6. The van der Waals surface area contributed by atoms with E-state index in [9.17, 15) is 14.0 Å². The van der Waals surface area contributed by atoms with E-state index in [1.54, 1.807) is 16.7 Å². The van der Waals surface area contributed by atoms with Gasteiger partial charge in [0.15, 0.2) is 11.6 Å². The number of hydrogen-bond acceptors (Lipinski definition) is 8. The zero-order chi connectivity index (χ0) is 25.5. The molecule has 1 aromatic carbocycles. The Morgan fingerprint density at radius 1 is 1.30 bits per heavy atom. The van der Waals surface area contributed by atoms with Crippen LogP contribution in [-0.4, -0.2) is 64.5 Å². The van der Waals surface area contributed by atoms with Gasteiger partial charge in [-0.25, -0.2) is 9.37 Å². The molecule has 2 aromatic heterocycles. The van der Waals surface area contributed by atoms with Gasteiger partial charge in [0.2, 0.25) is 5.91 Å². The summed E-state index contributed by atoms with van der Waals surface area (Å²) in [4.78, 5) is 31.1. The first-order valence-corrected chi connectivity index (χ1v) is 13.4. The summed E-state index contributed by atoms with van der Waals surface area (Å²) in [6.45, 7) is 2.63. The summed E-state index contributed by atoms with van der Waals surface area (Å²) in [7, 11) is 0. The number of rotatable bonds is 6. The molecule has 9 nitrogen and oxygen atoms in total. The minimum atomic E-state index is -0.469. The number of likely N-dealkylation sites (tertiary alicyclic amines) is 1. The number of carbonyl (C=O) groups excluding carboxylic acids is 1. The lowest BCUT2D eigenvalue weighted by Gasteiger charge is -2.39. The first-order chi connectivity index (χ1) is 18.0. The van der Waals surface area contributed by atoms with Gasteiger partial charge in [-0.3, -0.25) is 23.3 Å². The molecule has 2 N–H and O–H groups in total. The van der Waals surface area contributed by atoms with Gasteiger partial charge in [0.25, 0.3) is 5.56 Å². The topological polar surface area (TPSA) is 97.7 Å². The van der Waals surface area contributed by atoms with Crippen molar-refractivity contribution in [2.24, 2.45) is 0 Å². The third kappa shape index (κ3) is 4.82. The van der Waals surface area contributed by atoms with E-state index in [1.807, 2.05) is 12.3 Å². The molecule has 5 heterocycles. The fourth-order valence-corrected chi connectivity index (χ4v) is 6.23. The molecule has 37 heavy (non-hydrogen) atoms. The maximum atomic E-state index is 14.4. The zero-order valence-electron chi connectivity index (χ0n) is 19.8. The van der Waals surface area contributed by atoms with Crippen molar-refractivity contribution in [3.8, 4) is 5.75 Å². The van der Waals surface area contributed by atoms with Gasteiger partial charge in [-0.05, 0) is 42.8 Å². The lowest BCUT2D eigenvalue weighted by atomic mass is 10.0. The molecule has 1 fully saturated rings. The number of thioether (sulfide) groups is 1. The molecule has 12 heteroatoms. The molecule has 0 bridgehead atoms. The number of nitrogens with one attached hydrogen (secondary N) is 2. The number of fused-ring (bicyclic) bond motifs is 1. The van der Waals surface area contributed by atoms with Crippen molar-refractivity contribution in [3.05, 3.63) is 58.3 Å². The highest BCUT2D eigenvalue weighted by molar-refractivity contribution is 8.00. The summed E-state index contributed by atoms with van der Waals surface area (Å²) >= 11 is 7.33. The Kier molecular flexibility index (Phi) is 6.80. The van der Waals surface area contributed by atoms with Gasteiger partial charge in [0.05, 0.1) is 34.9 Å². The quantitative estimate of drug-likeness (QED) is 0.488. The van der Waals surface area contributed by atoms with E-state index in [2.05, 4.69) is 20.5 Å². The van der Waals surface area contributed by atoms with Crippen molar-refractivity contribution in [1.29, 1.82) is 0 Å². The Balaban J connectivity index is 1.12. The normalized spacial score (nSPS) is 23.4. The van der Waals surface area contributed by atoms with Crippen LogP contribution in [0.5, 0.6) is 5.75 Å². The molecule has 0 aliphatic carbocycles. The average Bonchev–Trinajstić information content (AvgIpc) is 2.91. The van der Waals surface area contributed by atoms with Crippen LogP contribution in [0.15, 0.2) is 46.3 Å². The van der Waals surface area contributed by atoms with Crippen LogP contribution in [0.1, 0.15) is 18.0 Å². The number of hydrogen-bond donors (Lipinski definition) is 2. The zero-order valence-corrected chi connectivity index (χ0v) is 21.4. The molecule has 3 aliphatic heterocycles. The second kappa shape index (κ2) is 10.2. The summed E-state index contributed by atoms with van der Waals surface area (Å²) in [5.41, 5.74) is 2.01.